The van der Waals surface area contributed by atoms with Crippen molar-refractivity contribution in [2.24, 2.45) is 7.05 Å². The van der Waals surface area contributed by atoms with E-state index in [2.05, 4.69) is 46.5 Å². The van der Waals surface area contributed by atoms with Crippen molar-refractivity contribution in [3.63, 3.8) is 0 Å². The first-order chi connectivity index (χ1) is 12.2. The van der Waals surface area contributed by atoms with E-state index in [0.717, 1.165) is 50.8 Å². The second-order valence-corrected chi connectivity index (χ2v) is 6.55. The van der Waals surface area contributed by atoms with Crippen molar-refractivity contribution in [1.29, 1.82) is 0 Å². The highest BCUT2D eigenvalue weighted by Crippen LogP contribution is 2.22. The fraction of sp³-hybridized carbons (Fsp3) is 0.526. The number of ether oxygens (including phenoxy) is 2. The predicted octanol–water partition coefficient (Wildman–Crippen LogP) is 2.11. The first-order valence-electron chi connectivity index (χ1n) is 8.84. The van der Waals surface area contributed by atoms with Crippen LogP contribution in [0.15, 0.2) is 30.5 Å². The maximum Gasteiger partial charge on any atom is 0.123 e. The van der Waals surface area contributed by atoms with Crippen molar-refractivity contribution in [1.82, 2.24) is 20.0 Å². The largest absolute Gasteiger partial charge is 0.496 e. The molecule has 1 fully saturated rings. The number of methoxy groups -OCH3 is 1. The molecule has 1 aromatic heterocycles. The molecular weight excluding hydrogens is 316 g/mol. The molecule has 1 unspecified atom stereocenters. The summed E-state index contributed by atoms with van der Waals surface area (Å²) in [7, 11) is 3.68. The van der Waals surface area contributed by atoms with E-state index in [0.29, 0.717) is 0 Å². The van der Waals surface area contributed by atoms with E-state index in [1.165, 1.54) is 11.1 Å². The summed E-state index contributed by atoms with van der Waals surface area (Å²) >= 11 is 0. The molecule has 0 radical (unpaired) electrons. The number of nitrogens with zero attached hydrogens (tertiary/aromatic N) is 3. The standard InChI is InChI=1S/C19H28N4O2/c1-15(18-6-7-22(2)21-18)20-13-16-4-5-19(24-3)17(12-16)14-23-8-10-25-11-9-23/h4-7,12,15,20H,8-11,13-14H2,1-3H3. The van der Waals surface area contributed by atoms with Crippen LogP contribution in [0, 0.1) is 0 Å². The van der Waals surface area contributed by atoms with Crippen molar-refractivity contribution in [3.8, 4) is 5.75 Å². The maximum atomic E-state index is 5.55. The fourth-order valence-electron chi connectivity index (χ4n) is 3.11. The SMILES string of the molecule is COc1ccc(CNC(C)c2ccn(C)n2)cc1CN1CCOCC1. The molecule has 1 atom stereocenters. The molecule has 0 aliphatic carbocycles. The van der Waals surface area contributed by atoms with E-state index in [-0.39, 0.29) is 6.04 Å². The van der Waals surface area contributed by atoms with Gasteiger partial charge in [0.2, 0.25) is 0 Å². The second-order valence-electron chi connectivity index (χ2n) is 6.55. The van der Waals surface area contributed by atoms with Crippen LogP contribution in [-0.2, 0) is 24.9 Å². The first kappa shape index (κ1) is 17.9. The summed E-state index contributed by atoms with van der Waals surface area (Å²) in [6.07, 6.45) is 1.97. The fourth-order valence-corrected chi connectivity index (χ4v) is 3.11. The molecule has 0 spiro atoms. The summed E-state index contributed by atoms with van der Waals surface area (Å²) in [4.78, 5) is 2.41. The Kier molecular flexibility index (Phi) is 6.07. The van der Waals surface area contributed by atoms with Crippen LogP contribution in [0.2, 0.25) is 0 Å². The van der Waals surface area contributed by atoms with Gasteiger partial charge in [-0.25, -0.2) is 0 Å². The lowest BCUT2D eigenvalue weighted by Gasteiger charge is -2.27. The summed E-state index contributed by atoms with van der Waals surface area (Å²) in [6.45, 7) is 7.41. The maximum absolute atomic E-state index is 5.55. The number of aromatic nitrogens is 2. The molecule has 1 saturated heterocycles. The molecule has 1 N–H and O–H groups in total. The molecule has 0 saturated carbocycles. The van der Waals surface area contributed by atoms with Crippen LogP contribution in [0.4, 0.5) is 0 Å². The summed E-state index contributed by atoms with van der Waals surface area (Å²) < 4.78 is 12.8. The highest BCUT2D eigenvalue weighted by molar-refractivity contribution is 5.37. The Morgan fingerprint density at radius 2 is 2.08 bits per heavy atom. The van der Waals surface area contributed by atoms with Crippen molar-refractivity contribution in [2.75, 3.05) is 33.4 Å². The van der Waals surface area contributed by atoms with E-state index in [4.69, 9.17) is 9.47 Å². The molecule has 1 aromatic carbocycles. The molecule has 6 heteroatoms. The Hall–Kier alpha value is -1.89. The Balaban J connectivity index is 1.64. The zero-order chi connectivity index (χ0) is 17.6. The number of benzene rings is 1. The predicted molar refractivity (Wildman–Crippen MR) is 97.6 cm³/mol. The monoisotopic (exact) mass is 344 g/mol. The van der Waals surface area contributed by atoms with Crippen LogP contribution in [0.5, 0.6) is 5.75 Å². The molecule has 6 nitrogen and oxygen atoms in total. The summed E-state index contributed by atoms with van der Waals surface area (Å²) in [5.41, 5.74) is 3.55. The third kappa shape index (κ3) is 4.81. The number of nitrogens with one attached hydrogen (secondary N) is 1. The van der Waals surface area contributed by atoms with Crippen LogP contribution >= 0.6 is 0 Å². The van der Waals surface area contributed by atoms with E-state index >= 15 is 0 Å². The van der Waals surface area contributed by atoms with Gasteiger partial charge in [0.1, 0.15) is 5.75 Å². The van der Waals surface area contributed by atoms with Crippen LogP contribution in [-0.4, -0.2) is 48.1 Å². The molecule has 0 amide bonds. The van der Waals surface area contributed by atoms with Crippen molar-refractivity contribution >= 4 is 0 Å². The van der Waals surface area contributed by atoms with E-state index in [1.54, 1.807) is 7.11 Å². The summed E-state index contributed by atoms with van der Waals surface area (Å²) in [5, 5.41) is 8.01. The third-order valence-corrected chi connectivity index (χ3v) is 4.63. The lowest BCUT2D eigenvalue weighted by Crippen LogP contribution is -2.35. The number of hydrogen-bond acceptors (Lipinski definition) is 5. The lowest BCUT2D eigenvalue weighted by atomic mass is 10.1. The molecule has 136 valence electrons. The van der Waals surface area contributed by atoms with Gasteiger partial charge in [-0.05, 0) is 30.7 Å². The minimum atomic E-state index is 0.214. The zero-order valence-corrected chi connectivity index (χ0v) is 15.4. The van der Waals surface area contributed by atoms with Crippen LogP contribution in [0.25, 0.3) is 0 Å². The highest BCUT2D eigenvalue weighted by atomic mass is 16.5. The quantitative estimate of drug-likeness (QED) is 0.834. The van der Waals surface area contributed by atoms with Gasteiger partial charge in [0, 0.05) is 51.0 Å². The summed E-state index contributed by atoms with van der Waals surface area (Å²) in [6, 6.07) is 8.70. The molecule has 2 heterocycles. The van der Waals surface area contributed by atoms with Gasteiger partial charge in [-0.15, -0.1) is 0 Å². The summed E-state index contributed by atoms with van der Waals surface area (Å²) in [5.74, 6) is 0.952. The minimum Gasteiger partial charge on any atom is -0.496 e. The van der Waals surface area contributed by atoms with Gasteiger partial charge in [0.15, 0.2) is 0 Å². The van der Waals surface area contributed by atoms with E-state index in [9.17, 15) is 0 Å². The van der Waals surface area contributed by atoms with Gasteiger partial charge in [-0.3, -0.25) is 9.58 Å². The van der Waals surface area contributed by atoms with Gasteiger partial charge in [-0.1, -0.05) is 6.07 Å². The smallest absolute Gasteiger partial charge is 0.123 e. The topological polar surface area (TPSA) is 51.5 Å². The van der Waals surface area contributed by atoms with Gasteiger partial charge in [0.05, 0.1) is 26.0 Å². The van der Waals surface area contributed by atoms with Crippen LogP contribution < -0.4 is 10.1 Å². The molecule has 3 rings (SSSR count). The normalized spacial score (nSPS) is 16.8. The van der Waals surface area contributed by atoms with Crippen LogP contribution in [0.1, 0.15) is 29.8 Å². The van der Waals surface area contributed by atoms with Crippen molar-refractivity contribution in [3.05, 3.63) is 47.3 Å². The molecule has 2 aromatic rings. The molecular formula is C19H28N4O2. The van der Waals surface area contributed by atoms with Gasteiger partial charge < -0.3 is 14.8 Å². The number of morpholine rings is 1. The van der Waals surface area contributed by atoms with Crippen molar-refractivity contribution in [2.45, 2.75) is 26.1 Å². The average Bonchev–Trinajstić information content (AvgIpc) is 3.07. The Morgan fingerprint density at radius 1 is 1.28 bits per heavy atom. The van der Waals surface area contributed by atoms with Gasteiger partial charge >= 0.3 is 0 Å². The molecule has 0 bridgehead atoms. The number of hydrogen-bond donors (Lipinski definition) is 1. The Morgan fingerprint density at radius 3 is 2.76 bits per heavy atom. The van der Waals surface area contributed by atoms with E-state index < -0.39 is 0 Å². The minimum absolute atomic E-state index is 0.214. The Bertz CT molecular complexity index is 680. The molecule has 1 aliphatic heterocycles. The van der Waals surface area contributed by atoms with Gasteiger partial charge in [0.25, 0.3) is 0 Å². The zero-order valence-electron chi connectivity index (χ0n) is 15.4. The number of aryl methyl sites for hydroxylation is 1. The highest BCUT2D eigenvalue weighted by Gasteiger charge is 2.14. The Labute approximate surface area is 149 Å². The molecule has 1 aliphatic rings. The van der Waals surface area contributed by atoms with Crippen LogP contribution in [0.3, 0.4) is 0 Å². The first-order valence-corrected chi connectivity index (χ1v) is 8.84. The van der Waals surface area contributed by atoms with Crippen molar-refractivity contribution < 1.29 is 9.47 Å². The van der Waals surface area contributed by atoms with E-state index in [1.807, 2.05) is 17.9 Å². The lowest BCUT2D eigenvalue weighted by molar-refractivity contribution is 0.0339. The second kappa shape index (κ2) is 8.47. The van der Waals surface area contributed by atoms with Gasteiger partial charge in [-0.2, -0.15) is 5.10 Å². The average molecular weight is 344 g/mol. The number of rotatable bonds is 7. The third-order valence-electron chi connectivity index (χ3n) is 4.63. The molecule has 25 heavy (non-hydrogen) atoms.